The highest BCUT2D eigenvalue weighted by Crippen LogP contribution is 2.42. The highest BCUT2D eigenvalue weighted by Gasteiger charge is 2.42. The lowest BCUT2D eigenvalue weighted by Crippen LogP contribution is -2.41. The second-order valence-corrected chi connectivity index (χ2v) is 12.8. The van der Waals surface area contributed by atoms with Gasteiger partial charge in [-0.2, -0.15) is 21.6 Å². The number of pyridine rings is 1. The van der Waals surface area contributed by atoms with E-state index in [9.17, 15) is 31.5 Å². The first-order valence-corrected chi connectivity index (χ1v) is 16.1. The minimum atomic E-state index is -4.67. The normalized spacial score (nSPS) is 18.0. The van der Waals surface area contributed by atoms with Crippen LogP contribution >= 0.6 is 0 Å². The molecule has 8 nitrogen and oxygen atoms in total. The van der Waals surface area contributed by atoms with E-state index in [0.29, 0.717) is 43.5 Å². The summed E-state index contributed by atoms with van der Waals surface area (Å²) in [6, 6.07) is 17.7. The first-order valence-electron chi connectivity index (χ1n) is 14.7. The van der Waals surface area contributed by atoms with Crippen LogP contribution in [-0.4, -0.2) is 50.3 Å². The number of nitrogens with zero attached hydrogens (tertiary/aromatic N) is 2. The lowest BCUT2D eigenvalue weighted by molar-refractivity contribution is -0.160. The maximum Gasteiger partial charge on any atom is 0.417 e. The van der Waals surface area contributed by atoms with Gasteiger partial charge in [0, 0.05) is 25.6 Å². The molecule has 0 unspecified atom stereocenters. The van der Waals surface area contributed by atoms with Gasteiger partial charge in [-0.3, -0.25) is 4.31 Å². The van der Waals surface area contributed by atoms with E-state index in [1.165, 1.54) is 13.2 Å². The van der Waals surface area contributed by atoms with E-state index in [1.54, 1.807) is 18.2 Å². The molecule has 0 fully saturated rings. The van der Waals surface area contributed by atoms with Crippen LogP contribution in [-0.2, 0) is 36.9 Å². The number of aliphatic hydroxyl groups is 1. The number of aryl methyl sites for hydroxylation is 1. The Balaban J connectivity index is 1.66. The fourth-order valence-corrected chi connectivity index (χ4v) is 6.92. The van der Waals surface area contributed by atoms with Crippen molar-refractivity contribution in [3.63, 3.8) is 0 Å². The van der Waals surface area contributed by atoms with E-state index >= 15 is 0 Å². The fraction of sp³-hybridized carbons (Fsp3) is 0.394. The monoisotopic (exact) mass is 646 g/mol. The number of ether oxygens (including phenoxy) is 2. The van der Waals surface area contributed by atoms with E-state index in [-0.39, 0.29) is 36.6 Å². The number of aromatic nitrogens is 1. The molecule has 1 aliphatic rings. The Kier molecular flexibility index (Phi) is 10.6. The van der Waals surface area contributed by atoms with Gasteiger partial charge in [-0.25, -0.2) is 9.78 Å². The number of cyclic esters (lactones) is 1. The van der Waals surface area contributed by atoms with Crippen LogP contribution < -0.4 is 4.31 Å². The SMILES string of the molecule is CC[C@@H](C1=C(O)C[C@@](CC)(CCc2ccccc2)OC1=O)c1cccc(N(CCOC)S(=O)(=O)c2ccc(C(F)(F)F)cn2)c1. The number of aliphatic hydroxyl groups excluding tert-OH is 1. The maximum atomic E-state index is 13.6. The molecule has 2 heterocycles. The first kappa shape index (κ1) is 34.0. The molecule has 242 valence electrons. The zero-order chi connectivity index (χ0) is 32.8. The standard InChI is InChI=1S/C33H37F3N2O6S/c1-4-27(30-28(39)21-32(5-2,44-31(30)40)17-16-23-10-7-6-8-11-23)24-12-9-13-26(20-24)38(18-19-43-3)45(41,42)29-15-14-25(22-37-29)33(34,35)36/h6-15,20,22,27,39H,4-5,16-19,21H2,1-3H3/t27-,32-/m1/s1. The third-order valence-electron chi connectivity index (χ3n) is 8.12. The number of carbonyl (C=O) groups is 1. The third-order valence-corrected chi connectivity index (χ3v) is 9.86. The van der Waals surface area contributed by atoms with Gasteiger partial charge in [0.2, 0.25) is 0 Å². The van der Waals surface area contributed by atoms with Gasteiger partial charge < -0.3 is 14.6 Å². The van der Waals surface area contributed by atoms with E-state index < -0.39 is 44.3 Å². The molecular weight excluding hydrogens is 609 g/mol. The summed E-state index contributed by atoms with van der Waals surface area (Å²) >= 11 is 0. The van der Waals surface area contributed by atoms with Gasteiger partial charge in [0.25, 0.3) is 10.0 Å². The van der Waals surface area contributed by atoms with Crippen molar-refractivity contribution in [2.24, 2.45) is 0 Å². The maximum absolute atomic E-state index is 13.6. The molecule has 0 bridgehead atoms. The van der Waals surface area contributed by atoms with Crippen molar-refractivity contribution in [1.82, 2.24) is 4.98 Å². The smallest absolute Gasteiger partial charge is 0.417 e. The largest absolute Gasteiger partial charge is 0.512 e. The number of benzene rings is 2. The molecule has 0 saturated heterocycles. The number of sulfonamides is 1. The molecule has 0 amide bonds. The molecule has 1 N–H and O–H groups in total. The predicted octanol–water partition coefficient (Wildman–Crippen LogP) is 6.98. The summed E-state index contributed by atoms with van der Waals surface area (Å²) in [6.07, 6.45) is -1.93. The zero-order valence-electron chi connectivity index (χ0n) is 25.4. The Bertz CT molecular complexity index is 1610. The Morgan fingerprint density at radius 2 is 1.82 bits per heavy atom. The quantitative estimate of drug-likeness (QED) is 0.200. The van der Waals surface area contributed by atoms with Crippen LogP contribution in [0.25, 0.3) is 0 Å². The topological polar surface area (TPSA) is 106 Å². The van der Waals surface area contributed by atoms with Crippen LogP contribution in [0.4, 0.5) is 18.9 Å². The molecule has 0 aliphatic carbocycles. The number of halogens is 3. The average molecular weight is 647 g/mol. The Morgan fingerprint density at radius 3 is 2.40 bits per heavy atom. The number of hydrogen-bond donors (Lipinski definition) is 1. The molecule has 45 heavy (non-hydrogen) atoms. The van der Waals surface area contributed by atoms with Crippen molar-refractivity contribution in [2.75, 3.05) is 24.6 Å². The number of anilines is 1. The molecule has 4 rings (SSSR count). The lowest BCUT2D eigenvalue weighted by Gasteiger charge is -2.38. The number of methoxy groups -OCH3 is 1. The summed E-state index contributed by atoms with van der Waals surface area (Å²) in [6.45, 7) is 3.59. The molecule has 12 heteroatoms. The van der Waals surface area contributed by atoms with Crippen molar-refractivity contribution >= 4 is 21.7 Å². The minimum absolute atomic E-state index is 0.0123. The van der Waals surface area contributed by atoms with Crippen molar-refractivity contribution in [1.29, 1.82) is 0 Å². The van der Waals surface area contributed by atoms with Gasteiger partial charge in [0.1, 0.15) is 11.4 Å². The van der Waals surface area contributed by atoms with Crippen LogP contribution in [0.15, 0.2) is 89.3 Å². The summed E-state index contributed by atoms with van der Waals surface area (Å²) < 4.78 is 78.6. The van der Waals surface area contributed by atoms with Crippen LogP contribution in [0, 0.1) is 0 Å². The Labute approximate surface area is 261 Å². The van der Waals surface area contributed by atoms with Gasteiger partial charge in [0.15, 0.2) is 5.03 Å². The minimum Gasteiger partial charge on any atom is -0.512 e. The summed E-state index contributed by atoms with van der Waals surface area (Å²) in [4.78, 5) is 17.1. The number of hydrogen-bond acceptors (Lipinski definition) is 7. The molecule has 2 aromatic carbocycles. The van der Waals surface area contributed by atoms with Crippen molar-refractivity contribution < 1.29 is 41.0 Å². The third kappa shape index (κ3) is 7.67. The second-order valence-electron chi connectivity index (χ2n) is 11.0. The lowest BCUT2D eigenvalue weighted by atomic mass is 9.80. The fourth-order valence-electron chi connectivity index (χ4n) is 5.56. The van der Waals surface area contributed by atoms with Gasteiger partial charge in [-0.15, -0.1) is 0 Å². The highest BCUT2D eigenvalue weighted by atomic mass is 32.2. The molecule has 0 saturated carbocycles. The van der Waals surface area contributed by atoms with E-state index in [1.807, 2.05) is 44.2 Å². The van der Waals surface area contributed by atoms with Gasteiger partial charge in [-0.05, 0) is 61.1 Å². The highest BCUT2D eigenvalue weighted by molar-refractivity contribution is 7.92. The Morgan fingerprint density at radius 1 is 1.09 bits per heavy atom. The summed E-state index contributed by atoms with van der Waals surface area (Å²) in [5, 5.41) is 10.7. The summed E-state index contributed by atoms with van der Waals surface area (Å²) in [7, 11) is -3.02. The van der Waals surface area contributed by atoms with E-state index in [2.05, 4.69) is 4.98 Å². The second kappa shape index (κ2) is 14.0. The van der Waals surface area contributed by atoms with Crippen molar-refractivity contribution in [2.45, 2.75) is 68.7 Å². The number of rotatable bonds is 13. The van der Waals surface area contributed by atoms with Crippen molar-refractivity contribution in [3.8, 4) is 0 Å². The van der Waals surface area contributed by atoms with Gasteiger partial charge >= 0.3 is 12.1 Å². The molecular formula is C33H37F3N2O6S. The first-order chi connectivity index (χ1) is 21.3. The molecule has 2 atom stereocenters. The van der Waals surface area contributed by atoms with Crippen LogP contribution in [0.1, 0.15) is 62.1 Å². The zero-order valence-corrected chi connectivity index (χ0v) is 26.2. The molecule has 0 spiro atoms. The number of esters is 1. The average Bonchev–Trinajstić information content (AvgIpc) is 3.02. The Hall–Kier alpha value is -3.90. The molecule has 3 aromatic rings. The molecule has 1 aromatic heterocycles. The summed E-state index contributed by atoms with van der Waals surface area (Å²) in [5.74, 6) is -1.29. The number of alkyl halides is 3. The van der Waals surface area contributed by atoms with Crippen LogP contribution in [0.5, 0.6) is 0 Å². The molecule has 0 radical (unpaired) electrons. The number of carbonyl (C=O) groups excluding carboxylic acids is 1. The van der Waals surface area contributed by atoms with Gasteiger partial charge in [-0.1, -0.05) is 56.3 Å². The van der Waals surface area contributed by atoms with Gasteiger partial charge in [0.05, 0.1) is 30.0 Å². The van der Waals surface area contributed by atoms with Crippen LogP contribution in [0.3, 0.4) is 0 Å². The predicted molar refractivity (Wildman–Crippen MR) is 163 cm³/mol. The van der Waals surface area contributed by atoms with Crippen molar-refractivity contribution in [3.05, 3.63) is 101 Å². The molecule has 1 aliphatic heterocycles. The van der Waals surface area contributed by atoms with Crippen LogP contribution in [0.2, 0.25) is 0 Å². The van der Waals surface area contributed by atoms with E-state index in [0.717, 1.165) is 15.9 Å². The van der Waals surface area contributed by atoms with E-state index in [4.69, 9.17) is 9.47 Å². The summed E-state index contributed by atoms with van der Waals surface area (Å²) in [5.41, 5.74) is 0.0321.